The Morgan fingerprint density at radius 1 is 1.17 bits per heavy atom. The van der Waals surface area contributed by atoms with Crippen LogP contribution in [0.2, 0.25) is 0 Å². The average Bonchev–Trinajstić information content (AvgIpc) is 2.69. The van der Waals surface area contributed by atoms with Crippen LogP contribution in [-0.4, -0.2) is 26.4 Å². The van der Waals surface area contributed by atoms with E-state index < -0.39 is 11.7 Å². The van der Waals surface area contributed by atoms with Gasteiger partial charge in [-0.2, -0.15) is 13.2 Å². The standard InChI is InChI=1S/C20H16BrF3N4O/c21-16-9-25-7-5-13(16)10-28-8-6-17-15(11-28)19(29)27-18(26-17)12-1-3-14(4-2-12)20(22,23)24/h1-5,7,9H,6,8,10-11H2,(H,26,27,29). The fourth-order valence-corrected chi connectivity index (χ4v) is 3.72. The molecule has 2 aromatic heterocycles. The summed E-state index contributed by atoms with van der Waals surface area (Å²) >= 11 is 3.48. The first-order valence-corrected chi connectivity index (χ1v) is 9.71. The lowest BCUT2D eigenvalue weighted by Gasteiger charge is -2.28. The second-order valence-corrected chi connectivity index (χ2v) is 7.70. The Labute approximate surface area is 172 Å². The molecule has 0 atom stereocenters. The van der Waals surface area contributed by atoms with Gasteiger partial charge >= 0.3 is 6.18 Å². The van der Waals surface area contributed by atoms with Crippen LogP contribution in [0.4, 0.5) is 13.2 Å². The van der Waals surface area contributed by atoms with E-state index in [0.717, 1.165) is 28.7 Å². The molecule has 3 heterocycles. The van der Waals surface area contributed by atoms with Crippen LogP contribution < -0.4 is 5.56 Å². The second-order valence-electron chi connectivity index (χ2n) is 6.84. The number of halogens is 4. The van der Waals surface area contributed by atoms with Crippen molar-refractivity contribution in [1.29, 1.82) is 0 Å². The molecule has 1 aromatic carbocycles. The Hall–Kier alpha value is -2.52. The van der Waals surface area contributed by atoms with Crippen LogP contribution in [0.5, 0.6) is 0 Å². The van der Waals surface area contributed by atoms with Gasteiger partial charge in [0.2, 0.25) is 0 Å². The first kappa shape index (κ1) is 19.8. The Morgan fingerprint density at radius 3 is 2.62 bits per heavy atom. The zero-order chi connectivity index (χ0) is 20.6. The minimum absolute atomic E-state index is 0.261. The third-order valence-electron chi connectivity index (χ3n) is 4.88. The molecule has 0 radical (unpaired) electrons. The monoisotopic (exact) mass is 464 g/mol. The topological polar surface area (TPSA) is 61.9 Å². The summed E-state index contributed by atoms with van der Waals surface area (Å²) in [6.45, 7) is 1.85. The van der Waals surface area contributed by atoms with Gasteiger partial charge in [-0.05, 0) is 39.7 Å². The molecule has 29 heavy (non-hydrogen) atoms. The number of pyridine rings is 1. The molecule has 0 saturated carbocycles. The lowest BCUT2D eigenvalue weighted by Crippen LogP contribution is -2.35. The Balaban J connectivity index is 1.57. The van der Waals surface area contributed by atoms with Crippen molar-refractivity contribution in [3.05, 3.63) is 79.9 Å². The summed E-state index contributed by atoms with van der Waals surface area (Å²) < 4.78 is 39.1. The van der Waals surface area contributed by atoms with E-state index in [9.17, 15) is 18.0 Å². The van der Waals surface area contributed by atoms with Crippen LogP contribution in [-0.2, 0) is 25.7 Å². The van der Waals surface area contributed by atoms with E-state index in [-0.39, 0.29) is 11.4 Å². The summed E-state index contributed by atoms with van der Waals surface area (Å²) in [6.07, 6.45) is -0.349. The molecule has 5 nitrogen and oxygen atoms in total. The molecule has 0 saturated heterocycles. The van der Waals surface area contributed by atoms with Crippen molar-refractivity contribution >= 4 is 15.9 Å². The smallest absolute Gasteiger partial charge is 0.306 e. The summed E-state index contributed by atoms with van der Waals surface area (Å²) in [4.78, 5) is 26.1. The number of hydrogen-bond acceptors (Lipinski definition) is 4. The highest BCUT2D eigenvalue weighted by Gasteiger charge is 2.30. The first-order valence-electron chi connectivity index (χ1n) is 8.92. The maximum absolute atomic E-state index is 12.7. The Kier molecular flexibility index (Phi) is 5.26. The second kappa shape index (κ2) is 7.72. The number of aromatic amines is 1. The summed E-state index contributed by atoms with van der Waals surface area (Å²) in [5.41, 5.74) is 1.81. The molecule has 0 bridgehead atoms. The number of nitrogens with one attached hydrogen (secondary N) is 1. The molecular weight excluding hydrogens is 449 g/mol. The predicted octanol–water partition coefficient (Wildman–Crippen LogP) is 4.17. The van der Waals surface area contributed by atoms with Gasteiger partial charge in [0.25, 0.3) is 5.56 Å². The highest BCUT2D eigenvalue weighted by Crippen LogP contribution is 2.30. The van der Waals surface area contributed by atoms with Gasteiger partial charge in [0, 0.05) is 48.5 Å². The Morgan fingerprint density at radius 2 is 1.93 bits per heavy atom. The molecule has 1 aliphatic rings. The third-order valence-corrected chi connectivity index (χ3v) is 5.60. The van der Waals surface area contributed by atoms with Crippen LogP contribution in [0, 0.1) is 0 Å². The van der Waals surface area contributed by atoms with Gasteiger partial charge in [-0.15, -0.1) is 0 Å². The van der Waals surface area contributed by atoms with Gasteiger partial charge in [-0.25, -0.2) is 4.98 Å². The molecule has 0 unspecified atom stereocenters. The zero-order valence-corrected chi connectivity index (χ0v) is 16.7. The van der Waals surface area contributed by atoms with E-state index in [1.165, 1.54) is 12.1 Å². The molecular formula is C20H16BrF3N4O. The van der Waals surface area contributed by atoms with Crippen molar-refractivity contribution in [2.75, 3.05) is 6.54 Å². The zero-order valence-electron chi connectivity index (χ0n) is 15.1. The summed E-state index contributed by atoms with van der Waals surface area (Å²) in [5.74, 6) is 0.285. The van der Waals surface area contributed by atoms with Crippen LogP contribution in [0.25, 0.3) is 11.4 Å². The van der Waals surface area contributed by atoms with Crippen molar-refractivity contribution in [1.82, 2.24) is 19.9 Å². The predicted molar refractivity (Wildman–Crippen MR) is 105 cm³/mol. The first-order chi connectivity index (χ1) is 13.8. The number of benzene rings is 1. The van der Waals surface area contributed by atoms with Gasteiger partial charge in [0.15, 0.2) is 0 Å². The summed E-state index contributed by atoms with van der Waals surface area (Å²) in [7, 11) is 0. The molecule has 9 heteroatoms. The van der Waals surface area contributed by atoms with Gasteiger partial charge < -0.3 is 4.98 Å². The molecule has 150 valence electrons. The quantitative estimate of drug-likeness (QED) is 0.631. The number of hydrogen-bond donors (Lipinski definition) is 1. The van der Waals surface area contributed by atoms with E-state index >= 15 is 0 Å². The maximum atomic E-state index is 12.7. The van der Waals surface area contributed by atoms with Gasteiger partial charge in [0.1, 0.15) is 5.82 Å². The number of fused-ring (bicyclic) bond motifs is 1. The van der Waals surface area contributed by atoms with E-state index in [1.54, 1.807) is 12.4 Å². The van der Waals surface area contributed by atoms with Crippen LogP contribution in [0.15, 0.2) is 52.0 Å². The van der Waals surface area contributed by atoms with Gasteiger partial charge in [-0.1, -0.05) is 12.1 Å². The van der Waals surface area contributed by atoms with Crippen molar-refractivity contribution < 1.29 is 13.2 Å². The third kappa shape index (κ3) is 4.25. The molecule has 4 rings (SSSR count). The fraction of sp³-hybridized carbons (Fsp3) is 0.250. The summed E-state index contributed by atoms with van der Waals surface area (Å²) in [5, 5.41) is 0. The van der Waals surface area contributed by atoms with E-state index in [0.29, 0.717) is 36.3 Å². The molecule has 0 fully saturated rings. The number of rotatable bonds is 3. The normalized spacial score (nSPS) is 14.6. The van der Waals surface area contributed by atoms with Crippen molar-refractivity contribution in [3.8, 4) is 11.4 Å². The van der Waals surface area contributed by atoms with Crippen LogP contribution in [0.1, 0.15) is 22.4 Å². The highest BCUT2D eigenvalue weighted by molar-refractivity contribution is 9.10. The molecule has 0 amide bonds. The number of nitrogens with zero attached hydrogens (tertiary/aromatic N) is 3. The highest BCUT2D eigenvalue weighted by atomic mass is 79.9. The molecule has 0 aliphatic carbocycles. The van der Waals surface area contributed by atoms with E-state index in [2.05, 4.69) is 35.8 Å². The van der Waals surface area contributed by atoms with Crippen molar-refractivity contribution in [2.45, 2.75) is 25.7 Å². The minimum atomic E-state index is -4.40. The molecule has 0 spiro atoms. The van der Waals surface area contributed by atoms with E-state index in [1.807, 2.05) is 6.07 Å². The van der Waals surface area contributed by atoms with Gasteiger partial charge in [0.05, 0.1) is 16.8 Å². The lowest BCUT2D eigenvalue weighted by molar-refractivity contribution is -0.137. The molecule has 1 aliphatic heterocycles. The fourth-order valence-electron chi connectivity index (χ4n) is 3.34. The van der Waals surface area contributed by atoms with Crippen LogP contribution in [0.3, 0.4) is 0 Å². The minimum Gasteiger partial charge on any atom is -0.306 e. The lowest BCUT2D eigenvalue weighted by atomic mass is 10.1. The maximum Gasteiger partial charge on any atom is 0.416 e. The Bertz CT molecular complexity index is 1100. The number of alkyl halides is 3. The van der Waals surface area contributed by atoms with Crippen LogP contribution >= 0.6 is 15.9 Å². The summed E-state index contributed by atoms with van der Waals surface area (Å²) in [6, 6.07) is 6.55. The average molecular weight is 465 g/mol. The van der Waals surface area contributed by atoms with E-state index in [4.69, 9.17) is 0 Å². The molecule has 1 N–H and O–H groups in total. The largest absolute Gasteiger partial charge is 0.416 e. The number of H-pyrrole nitrogens is 1. The van der Waals surface area contributed by atoms with Gasteiger partial charge in [-0.3, -0.25) is 14.7 Å². The van der Waals surface area contributed by atoms with Crippen molar-refractivity contribution in [2.24, 2.45) is 0 Å². The molecule has 3 aromatic rings. The van der Waals surface area contributed by atoms with Crippen molar-refractivity contribution in [3.63, 3.8) is 0 Å². The SMILES string of the molecule is O=c1[nH]c(-c2ccc(C(F)(F)F)cc2)nc2c1CN(Cc1ccncc1Br)CC2. The number of aromatic nitrogens is 3.